The molecule has 1 heterocycles. The molecule has 0 bridgehead atoms. The number of carbonyl (C=O) groups excluding carboxylic acids is 4. The minimum Gasteiger partial charge on any atom is -0.454 e. The Morgan fingerprint density at radius 2 is 1.61 bits per heavy atom. The predicted octanol–water partition coefficient (Wildman–Crippen LogP) is 2.47. The fourth-order valence-corrected chi connectivity index (χ4v) is 3.09. The summed E-state index contributed by atoms with van der Waals surface area (Å²) in [6.07, 6.45) is 0. The molecule has 0 saturated carbocycles. The molecule has 1 aliphatic rings. The molecule has 0 fully saturated rings. The fraction of sp³-hybridized carbons (Fsp3) is 0.200. The normalized spacial score (nSPS) is 13.9. The Kier molecular flexibility index (Phi) is 5.89. The van der Waals surface area contributed by atoms with Gasteiger partial charge in [0.15, 0.2) is 6.61 Å². The van der Waals surface area contributed by atoms with E-state index in [2.05, 4.69) is 21.2 Å². The van der Waals surface area contributed by atoms with Crippen molar-refractivity contribution in [2.75, 3.05) is 13.2 Å². The van der Waals surface area contributed by atoms with E-state index in [1.165, 1.54) is 12.1 Å². The average molecular weight is 445 g/mol. The van der Waals surface area contributed by atoms with Crippen molar-refractivity contribution in [3.05, 3.63) is 69.7 Å². The van der Waals surface area contributed by atoms with Crippen molar-refractivity contribution < 1.29 is 23.9 Å². The summed E-state index contributed by atoms with van der Waals surface area (Å²) < 4.78 is 5.84. The van der Waals surface area contributed by atoms with Crippen molar-refractivity contribution in [3.63, 3.8) is 0 Å². The monoisotopic (exact) mass is 444 g/mol. The Morgan fingerprint density at radius 1 is 1.04 bits per heavy atom. The molecule has 0 spiro atoms. The van der Waals surface area contributed by atoms with Crippen LogP contribution < -0.4 is 5.32 Å². The first-order valence-electron chi connectivity index (χ1n) is 8.52. The number of nitrogens with one attached hydrogen (secondary N) is 1. The van der Waals surface area contributed by atoms with Gasteiger partial charge in [-0.15, -0.1) is 0 Å². The van der Waals surface area contributed by atoms with Crippen LogP contribution >= 0.6 is 15.9 Å². The summed E-state index contributed by atoms with van der Waals surface area (Å²) in [6, 6.07) is 13.5. The summed E-state index contributed by atoms with van der Waals surface area (Å²) in [5.41, 5.74) is 1.40. The molecule has 2 aromatic carbocycles. The molecule has 0 aliphatic carbocycles. The van der Waals surface area contributed by atoms with Crippen LogP contribution in [-0.2, 0) is 14.3 Å². The van der Waals surface area contributed by atoms with Crippen LogP contribution in [0.15, 0.2) is 53.0 Å². The number of rotatable bonds is 6. The molecule has 3 amide bonds. The van der Waals surface area contributed by atoms with Crippen molar-refractivity contribution in [2.45, 2.75) is 13.0 Å². The second-order valence-corrected chi connectivity index (χ2v) is 7.16. The van der Waals surface area contributed by atoms with Gasteiger partial charge in [-0.2, -0.15) is 0 Å². The van der Waals surface area contributed by atoms with E-state index >= 15 is 0 Å². The highest BCUT2D eigenvalue weighted by molar-refractivity contribution is 9.10. The molecule has 144 valence electrons. The van der Waals surface area contributed by atoms with Gasteiger partial charge < -0.3 is 10.1 Å². The van der Waals surface area contributed by atoms with Gasteiger partial charge in [0.25, 0.3) is 17.7 Å². The molecule has 7 nitrogen and oxygen atoms in total. The third-order valence-corrected chi connectivity index (χ3v) is 4.81. The molecule has 2 aromatic rings. The number of hydrogen-bond acceptors (Lipinski definition) is 5. The Labute approximate surface area is 169 Å². The fourth-order valence-electron chi connectivity index (χ4n) is 2.82. The van der Waals surface area contributed by atoms with Gasteiger partial charge in [0, 0.05) is 4.47 Å². The van der Waals surface area contributed by atoms with Crippen molar-refractivity contribution in [1.82, 2.24) is 10.2 Å². The first-order chi connectivity index (χ1) is 13.4. The number of amides is 3. The zero-order valence-electron chi connectivity index (χ0n) is 15.0. The van der Waals surface area contributed by atoms with Crippen molar-refractivity contribution in [3.8, 4) is 0 Å². The van der Waals surface area contributed by atoms with Crippen LogP contribution in [0.1, 0.15) is 39.2 Å². The number of benzene rings is 2. The van der Waals surface area contributed by atoms with E-state index < -0.39 is 36.8 Å². The maximum Gasteiger partial charge on any atom is 0.326 e. The molecule has 0 aromatic heterocycles. The van der Waals surface area contributed by atoms with E-state index in [-0.39, 0.29) is 17.2 Å². The van der Waals surface area contributed by atoms with Gasteiger partial charge in [0.1, 0.15) is 6.54 Å². The van der Waals surface area contributed by atoms with Crippen LogP contribution in [0.4, 0.5) is 0 Å². The van der Waals surface area contributed by atoms with Crippen LogP contribution in [0, 0.1) is 0 Å². The highest BCUT2D eigenvalue weighted by Crippen LogP contribution is 2.22. The second kappa shape index (κ2) is 8.35. The maximum absolute atomic E-state index is 12.2. The topological polar surface area (TPSA) is 92.8 Å². The largest absolute Gasteiger partial charge is 0.454 e. The molecule has 28 heavy (non-hydrogen) atoms. The lowest BCUT2D eigenvalue weighted by atomic mass is 10.1. The van der Waals surface area contributed by atoms with Gasteiger partial charge in [-0.05, 0) is 36.8 Å². The lowest BCUT2D eigenvalue weighted by Gasteiger charge is -2.15. The molecule has 0 saturated heterocycles. The Hall–Kier alpha value is -3.00. The molecule has 1 aliphatic heterocycles. The number of fused-ring (bicyclic) bond motifs is 1. The minimum atomic E-state index is -0.832. The van der Waals surface area contributed by atoms with Gasteiger partial charge in [0.05, 0.1) is 17.2 Å². The van der Waals surface area contributed by atoms with Crippen LogP contribution in [0.3, 0.4) is 0 Å². The average Bonchev–Trinajstić information content (AvgIpc) is 2.92. The highest BCUT2D eigenvalue weighted by Gasteiger charge is 2.36. The van der Waals surface area contributed by atoms with Crippen LogP contribution in [0.25, 0.3) is 0 Å². The smallest absolute Gasteiger partial charge is 0.326 e. The zero-order valence-corrected chi connectivity index (χ0v) is 16.6. The zero-order chi connectivity index (χ0) is 20.3. The summed E-state index contributed by atoms with van der Waals surface area (Å²) in [6.45, 7) is 0.770. The first-order valence-corrected chi connectivity index (χ1v) is 9.32. The number of ether oxygens (including phenoxy) is 1. The van der Waals surface area contributed by atoms with Crippen LogP contribution in [0.5, 0.6) is 0 Å². The second-order valence-electron chi connectivity index (χ2n) is 6.24. The summed E-state index contributed by atoms with van der Waals surface area (Å²) in [4.78, 5) is 49.2. The van der Waals surface area contributed by atoms with E-state index in [0.717, 1.165) is 14.9 Å². The van der Waals surface area contributed by atoms with Crippen LogP contribution in [0.2, 0.25) is 0 Å². The molecule has 1 N–H and O–H groups in total. The third kappa shape index (κ3) is 4.28. The number of hydrogen-bond donors (Lipinski definition) is 1. The molecular formula is C20H17BrN2O5. The van der Waals surface area contributed by atoms with Gasteiger partial charge in [0.2, 0.25) is 0 Å². The number of esters is 1. The summed E-state index contributed by atoms with van der Waals surface area (Å²) in [5.74, 6) is -2.41. The molecule has 3 rings (SSSR count). The van der Waals surface area contributed by atoms with Crippen molar-refractivity contribution in [2.24, 2.45) is 0 Å². The number of carbonyl (C=O) groups is 4. The number of halogens is 1. The van der Waals surface area contributed by atoms with E-state index in [9.17, 15) is 19.2 Å². The van der Waals surface area contributed by atoms with E-state index in [4.69, 9.17) is 4.74 Å². The quantitative estimate of drug-likeness (QED) is 0.545. The lowest BCUT2D eigenvalue weighted by Crippen LogP contribution is -2.37. The SMILES string of the molecule is CC(NC(=O)COC(=O)CN1C(=O)c2ccccc2C1=O)c1ccc(Br)cc1. The Bertz CT molecular complexity index is 907. The highest BCUT2D eigenvalue weighted by atomic mass is 79.9. The summed E-state index contributed by atoms with van der Waals surface area (Å²) in [5, 5.41) is 2.72. The Morgan fingerprint density at radius 3 is 2.18 bits per heavy atom. The van der Waals surface area contributed by atoms with E-state index in [0.29, 0.717) is 0 Å². The van der Waals surface area contributed by atoms with E-state index in [1.807, 2.05) is 31.2 Å². The van der Waals surface area contributed by atoms with Gasteiger partial charge >= 0.3 is 5.97 Å². The van der Waals surface area contributed by atoms with Crippen LogP contribution in [-0.4, -0.2) is 41.7 Å². The predicted molar refractivity (Wildman–Crippen MR) is 103 cm³/mol. The molecule has 8 heteroatoms. The summed E-state index contributed by atoms with van der Waals surface area (Å²) >= 11 is 3.34. The third-order valence-electron chi connectivity index (χ3n) is 4.28. The molecular weight excluding hydrogens is 428 g/mol. The van der Waals surface area contributed by atoms with Gasteiger partial charge in [-0.3, -0.25) is 24.1 Å². The number of nitrogens with zero attached hydrogens (tertiary/aromatic N) is 1. The summed E-state index contributed by atoms with van der Waals surface area (Å²) in [7, 11) is 0. The van der Waals surface area contributed by atoms with Crippen molar-refractivity contribution in [1.29, 1.82) is 0 Å². The first kappa shape index (κ1) is 19.8. The lowest BCUT2D eigenvalue weighted by molar-refractivity contribution is -0.148. The van der Waals surface area contributed by atoms with E-state index in [1.54, 1.807) is 12.1 Å². The van der Waals surface area contributed by atoms with Gasteiger partial charge in [-0.1, -0.05) is 40.2 Å². The van der Waals surface area contributed by atoms with Crippen molar-refractivity contribution >= 4 is 39.6 Å². The Balaban J connectivity index is 1.49. The number of imide groups is 1. The molecule has 0 radical (unpaired) electrons. The van der Waals surface area contributed by atoms with Gasteiger partial charge in [-0.25, -0.2) is 0 Å². The standard InChI is InChI=1S/C20H17BrN2O5/c1-12(13-6-8-14(21)9-7-13)22-17(24)11-28-18(25)10-23-19(26)15-4-2-3-5-16(15)20(23)27/h2-9,12H,10-11H2,1H3,(H,22,24). The maximum atomic E-state index is 12.2. The molecule has 1 atom stereocenters. The minimum absolute atomic E-state index is 0.251. The molecule has 1 unspecified atom stereocenters.